The first-order valence-electron chi connectivity index (χ1n) is 19.6. The van der Waals surface area contributed by atoms with Gasteiger partial charge in [0.05, 0.1) is 0 Å². The molecule has 0 heterocycles. The fraction of sp³-hybridized carbons (Fsp3) is 0.226. The number of allylic oxidation sites excluding steroid dienone is 4. The molecule has 0 amide bonds. The summed E-state index contributed by atoms with van der Waals surface area (Å²) in [6, 6.07) is 51.3. The van der Waals surface area contributed by atoms with Gasteiger partial charge in [0.25, 0.3) is 0 Å². The van der Waals surface area contributed by atoms with Gasteiger partial charge in [-0.25, -0.2) is 0 Å². The normalized spacial score (nSPS) is 13.2. The molecule has 2 aliphatic carbocycles. The summed E-state index contributed by atoms with van der Waals surface area (Å²) in [7, 11) is 0. The molecule has 0 unspecified atom stereocenters. The molecule has 0 nitrogen and oxygen atoms in total. The van der Waals surface area contributed by atoms with Crippen LogP contribution in [-0.2, 0) is 32.1 Å². The Labute approximate surface area is 355 Å². The average molecular weight is 851 g/mol. The number of benzene rings is 6. The monoisotopic (exact) mass is 848 g/mol. The standard InChI is InChI=1S/C35H37.C13H10.C5H5.2ClH.Zr/c1-22-13-9-11-15-26(22)30-18-24-17-25-19-31(27-16-12-10-14-23(27)2)33(35(6,7)8)21-29(25)28(24)20-32(30)34(3,4)5;1-3-7-12(8-4-1)11-13-9-5-2-6-10-13;1-2-4-5-3-1;;;/h9-21H,1-8H3;1-10H;1-3H,4H2;2*1H;/q;;;;;+2/p-2. The van der Waals surface area contributed by atoms with E-state index in [-0.39, 0.29) is 35.6 Å². The number of halogens is 2. The first kappa shape index (κ1) is 41.8. The maximum Gasteiger partial charge on any atom is -1.00 e. The van der Waals surface area contributed by atoms with Crippen LogP contribution in [0.5, 0.6) is 0 Å². The molecule has 8 rings (SSSR count). The Kier molecular flexibility index (Phi) is 12.3. The van der Waals surface area contributed by atoms with Crippen LogP contribution < -0.4 is 24.8 Å². The van der Waals surface area contributed by atoms with Crippen LogP contribution in [0.3, 0.4) is 0 Å². The molecule has 0 atom stereocenters. The summed E-state index contributed by atoms with van der Waals surface area (Å²) in [6.07, 6.45) is 8.25. The summed E-state index contributed by atoms with van der Waals surface area (Å²) in [6.45, 7) is 18.9. The van der Waals surface area contributed by atoms with Crippen molar-refractivity contribution in [1.82, 2.24) is 0 Å². The quantitative estimate of drug-likeness (QED) is 0.159. The van der Waals surface area contributed by atoms with Gasteiger partial charge in [0.1, 0.15) is 0 Å². The van der Waals surface area contributed by atoms with Gasteiger partial charge in [0, 0.05) is 0 Å². The van der Waals surface area contributed by atoms with Gasteiger partial charge < -0.3 is 24.8 Å². The number of hydrogen-bond acceptors (Lipinski definition) is 0. The molecule has 3 heteroatoms. The van der Waals surface area contributed by atoms with Gasteiger partial charge in [-0.1, -0.05) is 0 Å². The Morgan fingerprint density at radius 3 is 1.29 bits per heavy atom. The van der Waals surface area contributed by atoms with Gasteiger partial charge in [-0.05, 0) is 0 Å². The minimum absolute atomic E-state index is 0. The van der Waals surface area contributed by atoms with Crippen molar-refractivity contribution in [2.24, 2.45) is 0 Å². The maximum atomic E-state index is 2.66. The third kappa shape index (κ3) is 7.73. The molecule has 282 valence electrons. The third-order valence-corrected chi connectivity index (χ3v) is 19.9. The Morgan fingerprint density at radius 2 is 0.911 bits per heavy atom. The molecule has 56 heavy (non-hydrogen) atoms. The number of fused-ring (bicyclic) bond motifs is 3. The molecule has 0 fully saturated rings. The zero-order valence-corrected chi connectivity index (χ0v) is 37.9. The smallest absolute Gasteiger partial charge is 1.00 e. The third-order valence-electron chi connectivity index (χ3n) is 11.6. The summed E-state index contributed by atoms with van der Waals surface area (Å²) in [5, 5.41) is 0. The largest absolute Gasteiger partial charge is 1.00 e. The molecule has 0 N–H and O–H groups in total. The van der Waals surface area contributed by atoms with Gasteiger partial charge in [-0.3, -0.25) is 0 Å². The van der Waals surface area contributed by atoms with Crippen molar-refractivity contribution in [1.29, 1.82) is 0 Å². The predicted octanol–water partition coefficient (Wildman–Crippen LogP) is 8.04. The van der Waals surface area contributed by atoms with Gasteiger partial charge in [-0.15, -0.1) is 0 Å². The van der Waals surface area contributed by atoms with E-state index in [1.165, 1.54) is 77.9 Å². The first-order chi connectivity index (χ1) is 25.9. The number of hydrogen-bond donors (Lipinski definition) is 0. The van der Waals surface area contributed by atoms with Gasteiger partial charge in [0.15, 0.2) is 0 Å². The van der Waals surface area contributed by atoms with E-state index >= 15 is 0 Å². The van der Waals surface area contributed by atoms with Crippen molar-refractivity contribution in [3.05, 3.63) is 199 Å². The molecule has 0 bridgehead atoms. The van der Waals surface area contributed by atoms with E-state index < -0.39 is 21.3 Å². The molecule has 0 spiro atoms. The van der Waals surface area contributed by atoms with E-state index in [4.69, 9.17) is 0 Å². The molecule has 0 saturated carbocycles. The van der Waals surface area contributed by atoms with Crippen molar-refractivity contribution in [3.8, 4) is 33.4 Å². The minimum atomic E-state index is -2.93. The molecular formula is C53H52Cl2Zr. The van der Waals surface area contributed by atoms with E-state index in [2.05, 4.69) is 207 Å². The maximum absolute atomic E-state index is 2.93. The molecule has 0 radical (unpaired) electrons. The fourth-order valence-electron chi connectivity index (χ4n) is 8.92. The molecular weight excluding hydrogens is 799 g/mol. The molecule has 0 aromatic heterocycles. The first-order valence-corrected chi connectivity index (χ1v) is 23.5. The average Bonchev–Trinajstić information content (AvgIpc) is 3.80. The summed E-state index contributed by atoms with van der Waals surface area (Å²) >= 11 is -2.93. The summed E-state index contributed by atoms with van der Waals surface area (Å²) in [5.74, 6) is 0. The Balaban J connectivity index is 0.00000266. The minimum Gasteiger partial charge on any atom is -1.00 e. The zero-order chi connectivity index (χ0) is 37.8. The van der Waals surface area contributed by atoms with Crippen LogP contribution in [0.2, 0.25) is 0 Å². The summed E-state index contributed by atoms with van der Waals surface area (Å²) in [4.78, 5) is 0. The van der Waals surface area contributed by atoms with Crippen molar-refractivity contribution in [2.45, 2.75) is 76.3 Å². The van der Waals surface area contributed by atoms with Crippen molar-refractivity contribution >= 4 is 3.21 Å². The molecule has 0 aliphatic heterocycles. The Bertz CT molecular complexity index is 2330. The van der Waals surface area contributed by atoms with E-state index in [0.717, 1.165) is 6.42 Å². The number of aryl methyl sites for hydroxylation is 2. The molecule has 6 aromatic rings. The van der Waals surface area contributed by atoms with E-state index in [9.17, 15) is 0 Å². The summed E-state index contributed by atoms with van der Waals surface area (Å²) < 4.78 is 3.55. The molecule has 6 aromatic carbocycles. The second-order valence-electron chi connectivity index (χ2n) is 17.4. The van der Waals surface area contributed by atoms with Gasteiger partial charge in [0.2, 0.25) is 0 Å². The topological polar surface area (TPSA) is 0 Å². The van der Waals surface area contributed by atoms with Crippen molar-refractivity contribution in [2.75, 3.05) is 0 Å². The van der Waals surface area contributed by atoms with Crippen LogP contribution >= 0.6 is 0 Å². The van der Waals surface area contributed by atoms with Crippen LogP contribution in [0.25, 0.3) is 33.4 Å². The Morgan fingerprint density at radius 1 is 0.500 bits per heavy atom. The van der Waals surface area contributed by atoms with E-state index in [1.54, 1.807) is 6.49 Å². The van der Waals surface area contributed by atoms with Crippen LogP contribution in [0.4, 0.5) is 0 Å². The van der Waals surface area contributed by atoms with Crippen LogP contribution in [0.1, 0.15) is 96.1 Å². The van der Waals surface area contributed by atoms with E-state index in [0.29, 0.717) is 3.63 Å². The second-order valence-corrected chi connectivity index (χ2v) is 23.6. The second kappa shape index (κ2) is 16.5. The van der Waals surface area contributed by atoms with Crippen LogP contribution in [-0.4, -0.2) is 3.21 Å². The molecule has 2 aliphatic rings. The van der Waals surface area contributed by atoms with Crippen LogP contribution in [0.15, 0.2) is 155 Å². The van der Waals surface area contributed by atoms with Crippen molar-refractivity contribution < 1.29 is 46.1 Å². The molecule has 0 saturated heterocycles. The summed E-state index contributed by atoms with van der Waals surface area (Å²) in [5.41, 5.74) is 19.5. The van der Waals surface area contributed by atoms with Crippen molar-refractivity contribution in [3.63, 3.8) is 0 Å². The van der Waals surface area contributed by atoms with E-state index in [1.807, 2.05) is 0 Å². The SMILES string of the molecule is Cc1ccccc1-c1cc2c(cc1C(C)(C)C)-c1cc(C(C)(C)C)c(-c3ccccc3C)cc1[CH]2[Zr+2]([C]1=CC=CC1)=[C](c1ccccc1)c1ccccc1.[Cl-].[Cl-]. The van der Waals surface area contributed by atoms with Gasteiger partial charge in [-0.2, -0.15) is 0 Å². The van der Waals surface area contributed by atoms with Gasteiger partial charge >= 0.3 is 334 Å². The Hall–Kier alpha value is -3.87. The van der Waals surface area contributed by atoms with Crippen LogP contribution in [0, 0.1) is 13.8 Å². The zero-order valence-electron chi connectivity index (χ0n) is 34.0. The predicted molar refractivity (Wildman–Crippen MR) is 229 cm³/mol. The fourth-order valence-corrected chi connectivity index (χ4v) is 17.9. The number of rotatable bonds is 6.